The Labute approximate surface area is 234 Å². The molecule has 206 valence electrons. The van der Waals surface area contributed by atoms with Gasteiger partial charge in [-0.15, -0.1) is 0 Å². The van der Waals surface area contributed by atoms with E-state index < -0.39 is 12.5 Å². The van der Waals surface area contributed by atoms with Gasteiger partial charge in [0, 0.05) is 49.2 Å². The third-order valence-corrected chi connectivity index (χ3v) is 8.18. The summed E-state index contributed by atoms with van der Waals surface area (Å²) in [6, 6.07) is 4.80. The number of hydrogen-bond acceptors (Lipinski definition) is 8. The molecule has 2 fully saturated rings. The zero-order chi connectivity index (χ0) is 27.5. The summed E-state index contributed by atoms with van der Waals surface area (Å²) in [6.07, 6.45) is 10.3. The first kappa shape index (κ1) is 27.3. The molecule has 0 aliphatic carbocycles. The van der Waals surface area contributed by atoms with E-state index in [1.807, 2.05) is 0 Å². The number of likely N-dealkylation sites (tertiary alicyclic amines) is 1. The Kier molecular flexibility index (Phi) is 8.29. The van der Waals surface area contributed by atoms with Gasteiger partial charge in [-0.2, -0.15) is 8.78 Å². The minimum atomic E-state index is -3.04. The molecule has 3 aliphatic rings. The van der Waals surface area contributed by atoms with Crippen LogP contribution >= 0.6 is 22.9 Å². The number of ether oxygens (including phenoxy) is 1. The van der Waals surface area contributed by atoms with Crippen LogP contribution in [0.1, 0.15) is 19.3 Å². The molecular weight excluding hydrogens is 546 g/mol. The van der Waals surface area contributed by atoms with Crippen molar-refractivity contribution in [1.82, 2.24) is 14.8 Å². The smallest absolute Gasteiger partial charge is 0.387 e. The van der Waals surface area contributed by atoms with Gasteiger partial charge in [0.15, 0.2) is 5.13 Å². The van der Waals surface area contributed by atoms with E-state index in [4.69, 9.17) is 21.3 Å². The lowest BCUT2D eigenvalue weighted by Gasteiger charge is -2.46. The van der Waals surface area contributed by atoms with E-state index in [9.17, 15) is 13.6 Å². The summed E-state index contributed by atoms with van der Waals surface area (Å²) in [5.74, 6) is -0.114. The van der Waals surface area contributed by atoms with Crippen LogP contribution in [0.15, 0.2) is 59.5 Å². The molecule has 3 aliphatic heterocycles. The van der Waals surface area contributed by atoms with Crippen molar-refractivity contribution in [2.75, 3.05) is 43.4 Å². The van der Waals surface area contributed by atoms with Crippen molar-refractivity contribution in [1.29, 1.82) is 0 Å². The molecule has 0 bridgehead atoms. The van der Waals surface area contributed by atoms with Crippen molar-refractivity contribution in [2.24, 2.45) is 4.99 Å². The molecule has 5 rings (SSSR count). The van der Waals surface area contributed by atoms with Crippen LogP contribution in [0.5, 0.6) is 5.75 Å². The van der Waals surface area contributed by atoms with Crippen LogP contribution in [0, 0.1) is 0 Å². The molecule has 12 heteroatoms. The first-order valence-electron chi connectivity index (χ1n) is 12.7. The van der Waals surface area contributed by atoms with Crippen molar-refractivity contribution in [3.8, 4) is 17.0 Å². The normalized spacial score (nSPS) is 19.3. The maximum Gasteiger partial charge on any atom is 0.387 e. The summed E-state index contributed by atoms with van der Waals surface area (Å²) in [5, 5.41) is 4.31. The second kappa shape index (κ2) is 11.8. The Morgan fingerprint density at radius 3 is 2.74 bits per heavy atom. The van der Waals surface area contributed by atoms with Crippen LogP contribution in [-0.2, 0) is 4.79 Å². The van der Waals surface area contributed by atoms with Crippen molar-refractivity contribution in [3.05, 3.63) is 59.5 Å². The van der Waals surface area contributed by atoms with E-state index in [0.717, 1.165) is 26.2 Å². The summed E-state index contributed by atoms with van der Waals surface area (Å²) in [7, 11) is 1.78. The standard InChI is InChI=1S/C27H29ClF2N6O2S/c1-3-19(23-31-10-7-11-34(23)2)24(37)33-25-22(20-14-17(28)8-9-21(20)38-26(29)30)32-27(39-25)36-15-18(16-36)35-12-5-4-6-13-35/h3,7-11,14,18,26H,1,4-6,12-13,15-16H2,2H3,(H,33,37). The molecule has 0 radical (unpaired) electrons. The van der Waals surface area contributed by atoms with Crippen LogP contribution in [-0.4, -0.2) is 72.8 Å². The van der Waals surface area contributed by atoms with Gasteiger partial charge >= 0.3 is 6.61 Å². The van der Waals surface area contributed by atoms with E-state index in [1.165, 1.54) is 54.9 Å². The Hall–Kier alpha value is -3.28. The van der Waals surface area contributed by atoms with Crippen LogP contribution < -0.4 is 15.0 Å². The number of allylic oxidation sites excluding steroid dienone is 1. The molecule has 0 atom stereocenters. The maximum absolute atomic E-state index is 13.4. The molecule has 1 N–H and O–H groups in total. The monoisotopic (exact) mass is 574 g/mol. The Bertz CT molecular complexity index is 1330. The lowest BCUT2D eigenvalue weighted by Crippen LogP contribution is -2.60. The zero-order valence-corrected chi connectivity index (χ0v) is 23.0. The van der Waals surface area contributed by atoms with E-state index >= 15 is 0 Å². The van der Waals surface area contributed by atoms with Gasteiger partial charge in [0.05, 0.1) is 5.57 Å². The first-order valence-corrected chi connectivity index (χ1v) is 13.9. The van der Waals surface area contributed by atoms with Gasteiger partial charge in [-0.05, 0) is 50.2 Å². The van der Waals surface area contributed by atoms with Crippen molar-refractivity contribution in [2.45, 2.75) is 31.9 Å². The number of piperidine rings is 1. The maximum atomic E-state index is 13.4. The molecule has 2 saturated heterocycles. The summed E-state index contributed by atoms with van der Waals surface area (Å²) < 4.78 is 31.3. The Balaban J connectivity index is 1.48. The lowest BCUT2D eigenvalue weighted by molar-refractivity contribution is -0.112. The fourth-order valence-electron chi connectivity index (χ4n) is 4.88. The molecule has 1 aromatic heterocycles. The minimum absolute atomic E-state index is 0.0828. The number of carbonyl (C=O) groups excluding carboxylic acids is 1. The fraction of sp³-hybridized carbons (Fsp3) is 0.370. The quantitative estimate of drug-likeness (QED) is 0.414. The number of aliphatic imine (C=N–C) groups is 1. The average molecular weight is 575 g/mol. The Morgan fingerprint density at radius 1 is 1.28 bits per heavy atom. The summed E-state index contributed by atoms with van der Waals surface area (Å²) >= 11 is 7.52. The predicted molar refractivity (Wildman–Crippen MR) is 152 cm³/mol. The van der Waals surface area contributed by atoms with Gasteiger partial charge in [-0.1, -0.05) is 42.0 Å². The lowest BCUT2D eigenvalue weighted by atomic mass is 10.0. The molecule has 0 spiro atoms. The SMILES string of the molecule is C=CC(C(=O)Nc1sc(N2CC(N3CCCCC3)C2)nc1-c1cc(Cl)ccc1OC(F)F)=C1N=CC=CN1C. The molecular formula is C27H29ClF2N6O2S. The fourth-order valence-corrected chi connectivity index (χ4v) is 6.05. The van der Waals surface area contributed by atoms with Crippen LogP contribution in [0.25, 0.3) is 11.3 Å². The van der Waals surface area contributed by atoms with Gasteiger partial charge in [-0.25, -0.2) is 9.98 Å². The third-order valence-electron chi connectivity index (χ3n) is 6.91. The van der Waals surface area contributed by atoms with Crippen LogP contribution in [0.3, 0.4) is 0 Å². The average Bonchev–Trinajstić information content (AvgIpc) is 3.29. The van der Waals surface area contributed by atoms with E-state index in [2.05, 4.69) is 26.7 Å². The van der Waals surface area contributed by atoms with Crippen molar-refractivity contribution in [3.63, 3.8) is 0 Å². The second-order valence-electron chi connectivity index (χ2n) is 9.47. The highest BCUT2D eigenvalue weighted by atomic mass is 35.5. The van der Waals surface area contributed by atoms with Gasteiger partial charge in [-0.3, -0.25) is 9.69 Å². The number of carbonyl (C=O) groups is 1. The number of rotatable bonds is 8. The molecule has 1 aromatic carbocycles. The molecule has 8 nitrogen and oxygen atoms in total. The third kappa shape index (κ3) is 6.00. The highest BCUT2D eigenvalue weighted by Crippen LogP contribution is 2.44. The summed E-state index contributed by atoms with van der Waals surface area (Å²) in [4.78, 5) is 28.9. The Morgan fingerprint density at radius 2 is 2.05 bits per heavy atom. The topological polar surface area (TPSA) is 73.3 Å². The number of hydrogen-bond donors (Lipinski definition) is 1. The van der Waals surface area contributed by atoms with E-state index in [1.54, 1.807) is 30.4 Å². The minimum Gasteiger partial charge on any atom is -0.434 e. The number of nitrogens with zero attached hydrogens (tertiary/aromatic N) is 5. The first-order chi connectivity index (χ1) is 18.8. The molecule has 4 heterocycles. The molecule has 2 aromatic rings. The molecule has 1 amide bonds. The van der Waals surface area contributed by atoms with Crippen molar-refractivity contribution < 1.29 is 18.3 Å². The van der Waals surface area contributed by atoms with E-state index in [0.29, 0.717) is 32.7 Å². The van der Waals surface area contributed by atoms with Gasteiger partial charge in [0.1, 0.15) is 22.3 Å². The van der Waals surface area contributed by atoms with Crippen LogP contribution in [0.4, 0.5) is 18.9 Å². The number of alkyl halides is 2. The number of anilines is 2. The predicted octanol–water partition coefficient (Wildman–Crippen LogP) is 5.61. The number of amides is 1. The highest BCUT2D eigenvalue weighted by molar-refractivity contribution is 7.20. The van der Waals surface area contributed by atoms with Gasteiger partial charge in [0.2, 0.25) is 0 Å². The largest absolute Gasteiger partial charge is 0.434 e. The molecule has 39 heavy (non-hydrogen) atoms. The zero-order valence-electron chi connectivity index (χ0n) is 21.4. The van der Waals surface area contributed by atoms with Crippen molar-refractivity contribution >= 4 is 45.2 Å². The summed E-state index contributed by atoms with van der Waals surface area (Å²) in [6.45, 7) is 4.58. The highest BCUT2D eigenvalue weighted by Gasteiger charge is 2.35. The number of benzene rings is 1. The molecule has 0 saturated carbocycles. The summed E-state index contributed by atoms with van der Waals surface area (Å²) in [5.41, 5.74) is 0.817. The van der Waals surface area contributed by atoms with Crippen LogP contribution in [0.2, 0.25) is 5.02 Å². The van der Waals surface area contributed by atoms with E-state index in [-0.39, 0.29) is 16.9 Å². The number of aromatic nitrogens is 1. The second-order valence-corrected chi connectivity index (χ2v) is 10.9. The molecule has 0 unspecified atom stereocenters. The number of halogens is 3. The van der Waals surface area contributed by atoms with Gasteiger partial charge < -0.3 is 19.9 Å². The number of thiazole rings is 1. The van der Waals surface area contributed by atoms with Gasteiger partial charge in [0.25, 0.3) is 5.91 Å². The number of nitrogens with one attached hydrogen (secondary N) is 1.